The van der Waals surface area contributed by atoms with Crippen LogP contribution in [0.5, 0.6) is 0 Å². The lowest BCUT2D eigenvalue weighted by molar-refractivity contribution is 0.650. The van der Waals surface area contributed by atoms with Gasteiger partial charge in [0.15, 0.2) is 5.17 Å². The van der Waals surface area contributed by atoms with Crippen molar-refractivity contribution in [1.29, 1.82) is 0 Å². The molecular weight excluding hydrogens is 248 g/mol. The van der Waals surface area contributed by atoms with Crippen LogP contribution in [-0.4, -0.2) is 23.2 Å². The number of hydrogen-bond acceptors (Lipinski definition) is 4. The third-order valence-corrected chi connectivity index (χ3v) is 4.92. The Morgan fingerprint density at radius 2 is 2.24 bits per heavy atom. The summed E-state index contributed by atoms with van der Waals surface area (Å²) in [4.78, 5) is 6.80. The second-order valence-corrected chi connectivity index (χ2v) is 5.89. The van der Waals surface area contributed by atoms with Crippen LogP contribution in [0.2, 0.25) is 0 Å². The van der Waals surface area contributed by atoms with Crippen molar-refractivity contribution in [3.63, 3.8) is 0 Å². The highest BCUT2D eigenvalue weighted by Crippen LogP contribution is 2.36. The molecular formula is C13H10N2S2. The van der Waals surface area contributed by atoms with Gasteiger partial charge in [-0.2, -0.15) is 0 Å². The van der Waals surface area contributed by atoms with E-state index in [1.165, 1.54) is 21.3 Å². The van der Waals surface area contributed by atoms with Crippen LogP contribution in [0.15, 0.2) is 40.0 Å². The number of aliphatic imine (C=N–C) groups is 1. The quantitative estimate of drug-likeness (QED) is 0.776. The van der Waals surface area contributed by atoms with Crippen LogP contribution in [0, 0.1) is 0 Å². The maximum Gasteiger partial charge on any atom is 0.168 e. The smallest absolute Gasteiger partial charge is 0.168 e. The van der Waals surface area contributed by atoms with Gasteiger partial charge in [0.1, 0.15) is 0 Å². The highest BCUT2D eigenvalue weighted by Gasteiger charge is 2.26. The predicted molar refractivity (Wildman–Crippen MR) is 76.4 cm³/mol. The van der Waals surface area contributed by atoms with Crippen molar-refractivity contribution < 1.29 is 0 Å². The lowest BCUT2D eigenvalue weighted by Crippen LogP contribution is -2.19. The van der Waals surface area contributed by atoms with Crippen LogP contribution >= 0.6 is 23.1 Å². The molecule has 2 aliphatic heterocycles. The Morgan fingerprint density at radius 1 is 1.24 bits per heavy atom. The van der Waals surface area contributed by atoms with Crippen LogP contribution < -0.4 is 0 Å². The molecule has 1 aromatic heterocycles. The monoisotopic (exact) mass is 258 g/mol. The zero-order valence-corrected chi connectivity index (χ0v) is 10.7. The van der Waals surface area contributed by atoms with Crippen molar-refractivity contribution in [3.05, 3.63) is 40.6 Å². The normalized spacial score (nSPS) is 18.5. The van der Waals surface area contributed by atoms with E-state index < -0.39 is 0 Å². The topological polar surface area (TPSA) is 15.6 Å². The summed E-state index contributed by atoms with van der Waals surface area (Å²) in [6.07, 6.45) is 0. The van der Waals surface area contributed by atoms with Crippen molar-refractivity contribution in [1.82, 2.24) is 4.90 Å². The van der Waals surface area contributed by atoms with Gasteiger partial charge < -0.3 is 4.90 Å². The van der Waals surface area contributed by atoms with E-state index in [0.717, 1.165) is 18.3 Å². The molecule has 2 nitrogen and oxygen atoms in total. The van der Waals surface area contributed by atoms with Gasteiger partial charge >= 0.3 is 0 Å². The molecule has 0 amide bonds. The molecule has 0 saturated heterocycles. The molecule has 0 saturated carbocycles. The van der Waals surface area contributed by atoms with E-state index in [9.17, 15) is 0 Å². The first-order valence-corrected chi connectivity index (χ1v) is 7.34. The van der Waals surface area contributed by atoms with Gasteiger partial charge in [-0.05, 0) is 34.5 Å². The first-order chi connectivity index (χ1) is 8.42. The summed E-state index contributed by atoms with van der Waals surface area (Å²) in [5.74, 6) is 0. The van der Waals surface area contributed by atoms with Gasteiger partial charge in [0.25, 0.3) is 0 Å². The van der Waals surface area contributed by atoms with Crippen molar-refractivity contribution in [2.24, 2.45) is 4.99 Å². The average molecular weight is 258 g/mol. The number of thioether (sulfide) groups is 1. The summed E-state index contributed by atoms with van der Waals surface area (Å²) in [6.45, 7) is 1.95. The molecule has 0 N–H and O–H groups in total. The van der Waals surface area contributed by atoms with Crippen LogP contribution in [-0.2, 0) is 0 Å². The molecule has 0 fully saturated rings. The molecule has 0 aliphatic carbocycles. The van der Waals surface area contributed by atoms with Gasteiger partial charge in [-0.15, -0.1) is 11.3 Å². The van der Waals surface area contributed by atoms with E-state index in [1.807, 2.05) is 0 Å². The number of benzene rings is 1. The number of nitrogens with zero attached hydrogens (tertiary/aromatic N) is 2. The highest BCUT2D eigenvalue weighted by atomic mass is 32.2. The zero-order valence-electron chi connectivity index (χ0n) is 9.09. The minimum Gasteiger partial charge on any atom is -0.318 e. The molecule has 3 heterocycles. The summed E-state index contributed by atoms with van der Waals surface area (Å²) in [5, 5.41) is 6.86. The van der Waals surface area contributed by atoms with Crippen LogP contribution in [0.3, 0.4) is 0 Å². The molecule has 84 valence electrons. The number of rotatable bonds is 1. The van der Waals surface area contributed by atoms with Crippen LogP contribution in [0.1, 0.15) is 5.56 Å². The van der Waals surface area contributed by atoms with Gasteiger partial charge in [0, 0.05) is 16.7 Å². The maximum atomic E-state index is 4.48. The Balaban J connectivity index is 1.81. The third-order valence-electron chi connectivity index (χ3n) is 3.12. The van der Waals surface area contributed by atoms with Gasteiger partial charge in [-0.3, -0.25) is 4.99 Å². The molecule has 0 radical (unpaired) electrons. The Bertz CT molecular complexity index is 654. The fourth-order valence-electron chi connectivity index (χ4n) is 2.27. The molecule has 1 aromatic carbocycles. The van der Waals surface area contributed by atoms with Gasteiger partial charge in [-0.25, -0.2) is 0 Å². The number of amidine groups is 1. The first kappa shape index (κ1) is 9.74. The third kappa shape index (κ3) is 1.44. The molecule has 0 unspecified atom stereocenters. The zero-order chi connectivity index (χ0) is 11.2. The number of fused-ring (bicyclic) bond motifs is 2. The Kier molecular flexibility index (Phi) is 2.07. The fraction of sp³-hybridized carbons (Fsp3) is 0.154. The lowest BCUT2D eigenvalue weighted by atomic mass is 10.1. The maximum absolute atomic E-state index is 4.48. The predicted octanol–water partition coefficient (Wildman–Crippen LogP) is 3.62. The summed E-state index contributed by atoms with van der Waals surface area (Å²) in [5.41, 5.74) is 2.61. The fourth-order valence-corrected chi connectivity index (χ4v) is 4.01. The molecule has 4 rings (SSSR count). The van der Waals surface area contributed by atoms with Gasteiger partial charge in [-0.1, -0.05) is 17.8 Å². The van der Waals surface area contributed by atoms with Crippen LogP contribution in [0.25, 0.3) is 15.8 Å². The van der Waals surface area contributed by atoms with Gasteiger partial charge in [0.05, 0.1) is 12.2 Å². The minimum atomic E-state index is 0.931. The molecule has 17 heavy (non-hydrogen) atoms. The average Bonchev–Trinajstić information content (AvgIpc) is 3.03. The van der Waals surface area contributed by atoms with E-state index in [2.05, 4.69) is 44.9 Å². The van der Waals surface area contributed by atoms with Crippen molar-refractivity contribution >= 4 is 44.0 Å². The minimum absolute atomic E-state index is 0.931. The largest absolute Gasteiger partial charge is 0.318 e. The number of thiophene rings is 1. The van der Waals surface area contributed by atoms with Crippen molar-refractivity contribution in [2.45, 2.75) is 0 Å². The Hall–Kier alpha value is -1.26. The molecule has 2 aliphatic rings. The molecule has 0 spiro atoms. The number of hydrogen-bond donors (Lipinski definition) is 0. The molecule has 4 heteroatoms. The van der Waals surface area contributed by atoms with Crippen molar-refractivity contribution in [2.75, 3.05) is 13.1 Å². The SMILES string of the molecule is C1=C(c2ccc3sccc3c2)N2CCN=C2S1. The van der Waals surface area contributed by atoms with E-state index >= 15 is 0 Å². The standard InChI is InChI=1S/C13H10N2S2/c1-2-12-10(3-6-16-12)7-9(1)11-8-17-13-14-4-5-15(11)13/h1-3,6-8H,4-5H2. The second kappa shape index (κ2) is 3.62. The molecule has 0 atom stereocenters. The highest BCUT2D eigenvalue weighted by molar-refractivity contribution is 8.16. The van der Waals surface area contributed by atoms with E-state index in [4.69, 9.17) is 0 Å². The van der Waals surface area contributed by atoms with Crippen molar-refractivity contribution in [3.8, 4) is 0 Å². The summed E-state index contributed by atoms with van der Waals surface area (Å²) in [7, 11) is 0. The second-order valence-electron chi connectivity index (χ2n) is 4.11. The van der Waals surface area contributed by atoms with Gasteiger partial charge in [0.2, 0.25) is 0 Å². The summed E-state index contributed by atoms with van der Waals surface area (Å²) < 4.78 is 1.36. The summed E-state index contributed by atoms with van der Waals surface area (Å²) >= 11 is 3.54. The van der Waals surface area contributed by atoms with E-state index in [-0.39, 0.29) is 0 Å². The first-order valence-electron chi connectivity index (χ1n) is 5.58. The van der Waals surface area contributed by atoms with E-state index in [0.29, 0.717) is 0 Å². The Labute approximate surface area is 108 Å². The molecule has 2 aromatic rings. The lowest BCUT2D eigenvalue weighted by Gasteiger charge is -2.16. The van der Waals surface area contributed by atoms with Crippen LogP contribution in [0.4, 0.5) is 0 Å². The molecule has 0 bridgehead atoms. The summed E-state index contributed by atoms with van der Waals surface area (Å²) in [6, 6.07) is 8.89. The van der Waals surface area contributed by atoms with E-state index in [1.54, 1.807) is 23.1 Å². The Morgan fingerprint density at radius 3 is 3.24 bits per heavy atom.